The van der Waals surface area contributed by atoms with Crippen molar-refractivity contribution in [3.63, 3.8) is 0 Å². The number of benzene rings is 2. The van der Waals surface area contributed by atoms with Crippen LogP contribution in [-0.4, -0.2) is 33.9 Å². The van der Waals surface area contributed by atoms with Gasteiger partial charge in [-0.25, -0.2) is 4.39 Å². The number of hydrogen-bond acceptors (Lipinski definition) is 5. The lowest BCUT2D eigenvalue weighted by molar-refractivity contribution is 0.146. The van der Waals surface area contributed by atoms with Gasteiger partial charge in [0.1, 0.15) is 24.3 Å². The molecule has 0 aliphatic carbocycles. The standard InChI is InChI=1S/C18H19BrFNO4S/c1-12-7-17-18(8-16(12)19)24-11-15(25-26(2,22)23)10-21(17)9-13-3-5-14(20)6-4-13/h3-8,15H,9-11H2,1-2H3. The minimum atomic E-state index is -3.61. The van der Waals surface area contributed by atoms with Crippen molar-refractivity contribution in [1.82, 2.24) is 0 Å². The summed E-state index contributed by atoms with van der Waals surface area (Å²) < 4.78 is 48.2. The maximum absolute atomic E-state index is 13.2. The van der Waals surface area contributed by atoms with Crippen molar-refractivity contribution in [2.75, 3.05) is 24.3 Å². The highest BCUT2D eigenvalue weighted by molar-refractivity contribution is 9.10. The molecular formula is C18H19BrFNO4S. The second-order valence-corrected chi connectivity index (χ2v) is 8.76. The zero-order chi connectivity index (χ0) is 18.9. The third-order valence-corrected chi connectivity index (χ3v) is 5.50. The molecule has 2 aromatic rings. The molecule has 0 saturated heterocycles. The smallest absolute Gasteiger partial charge is 0.264 e. The molecule has 0 radical (unpaired) electrons. The Morgan fingerprint density at radius 3 is 2.65 bits per heavy atom. The summed E-state index contributed by atoms with van der Waals surface area (Å²) in [5.74, 6) is 0.343. The van der Waals surface area contributed by atoms with Gasteiger partial charge in [0.15, 0.2) is 0 Å². The van der Waals surface area contributed by atoms with Gasteiger partial charge in [0, 0.05) is 17.6 Å². The van der Waals surface area contributed by atoms with Crippen molar-refractivity contribution in [3.05, 3.63) is 57.8 Å². The van der Waals surface area contributed by atoms with Crippen LogP contribution in [0.1, 0.15) is 11.1 Å². The molecule has 1 atom stereocenters. The molecule has 140 valence electrons. The van der Waals surface area contributed by atoms with E-state index in [1.54, 1.807) is 12.1 Å². The van der Waals surface area contributed by atoms with E-state index in [4.69, 9.17) is 8.92 Å². The summed E-state index contributed by atoms with van der Waals surface area (Å²) in [4.78, 5) is 1.99. The number of rotatable bonds is 4. The summed E-state index contributed by atoms with van der Waals surface area (Å²) >= 11 is 3.49. The minimum Gasteiger partial charge on any atom is -0.489 e. The zero-order valence-electron chi connectivity index (χ0n) is 14.4. The van der Waals surface area contributed by atoms with E-state index < -0.39 is 16.2 Å². The van der Waals surface area contributed by atoms with Crippen molar-refractivity contribution < 1.29 is 21.7 Å². The number of halogens is 2. The highest BCUT2D eigenvalue weighted by atomic mass is 79.9. The fraction of sp³-hybridized carbons (Fsp3) is 0.333. The Morgan fingerprint density at radius 1 is 1.31 bits per heavy atom. The number of nitrogens with zero attached hydrogens (tertiary/aromatic N) is 1. The minimum absolute atomic E-state index is 0.121. The van der Waals surface area contributed by atoms with Gasteiger partial charge in [-0.2, -0.15) is 8.42 Å². The van der Waals surface area contributed by atoms with E-state index in [-0.39, 0.29) is 12.4 Å². The Morgan fingerprint density at radius 2 is 2.00 bits per heavy atom. The SMILES string of the molecule is Cc1cc2c(cc1Br)OCC(OS(C)(=O)=O)CN2Cc1ccc(F)cc1. The number of aryl methyl sites for hydroxylation is 1. The van der Waals surface area contributed by atoms with Crippen LogP contribution in [0, 0.1) is 12.7 Å². The number of fused-ring (bicyclic) bond motifs is 1. The first-order valence-corrected chi connectivity index (χ1v) is 10.6. The van der Waals surface area contributed by atoms with Gasteiger partial charge in [-0.15, -0.1) is 0 Å². The fourth-order valence-electron chi connectivity index (χ4n) is 2.86. The quantitative estimate of drug-likeness (QED) is 0.675. The molecule has 0 fully saturated rings. The zero-order valence-corrected chi connectivity index (χ0v) is 16.8. The summed E-state index contributed by atoms with van der Waals surface area (Å²) in [7, 11) is -3.61. The molecule has 3 rings (SSSR count). The average Bonchev–Trinajstić information content (AvgIpc) is 2.69. The molecular weight excluding hydrogens is 425 g/mol. The van der Waals surface area contributed by atoms with Crippen molar-refractivity contribution in [3.8, 4) is 5.75 Å². The number of hydrogen-bond donors (Lipinski definition) is 0. The molecule has 1 aliphatic rings. The van der Waals surface area contributed by atoms with Crippen molar-refractivity contribution in [1.29, 1.82) is 0 Å². The Labute approximate surface area is 161 Å². The van der Waals surface area contributed by atoms with Crippen LogP contribution < -0.4 is 9.64 Å². The number of anilines is 1. The summed E-state index contributed by atoms with van der Waals surface area (Å²) in [5, 5.41) is 0. The lowest BCUT2D eigenvalue weighted by Gasteiger charge is -2.26. The molecule has 0 bridgehead atoms. The van der Waals surface area contributed by atoms with Gasteiger partial charge in [-0.3, -0.25) is 4.18 Å². The van der Waals surface area contributed by atoms with Gasteiger partial charge in [0.05, 0.1) is 11.9 Å². The molecule has 26 heavy (non-hydrogen) atoms. The predicted molar refractivity (Wildman–Crippen MR) is 102 cm³/mol. The van der Waals surface area contributed by atoms with Crippen LogP contribution in [0.3, 0.4) is 0 Å². The van der Waals surface area contributed by atoms with E-state index in [9.17, 15) is 12.8 Å². The van der Waals surface area contributed by atoms with E-state index in [0.29, 0.717) is 18.8 Å². The lowest BCUT2D eigenvalue weighted by atomic mass is 10.1. The highest BCUT2D eigenvalue weighted by Gasteiger charge is 2.27. The molecule has 0 amide bonds. The highest BCUT2D eigenvalue weighted by Crippen LogP contribution is 2.37. The second-order valence-electron chi connectivity index (χ2n) is 6.31. The monoisotopic (exact) mass is 443 g/mol. The van der Waals surface area contributed by atoms with Gasteiger partial charge in [-0.1, -0.05) is 28.1 Å². The molecule has 8 heteroatoms. The van der Waals surface area contributed by atoms with Crippen LogP contribution in [0.4, 0.5) is 10.1 Å². The van der Waals surface area contributed by atoms with Gasteiger partial charge < -0.3 is 9.64 Å². The van der Waals surface area contributed by atoms with Gasteiger partial charge >= 0.3 is 0 Å². The molecule has 2 aromatic carbocycles. The van der Waals surface area contributed by atoms with E-state index >= 15 is 0 Å². The van der Waals surface area contributed by atoms with Gasteiger partial charge in [0.25, 0.3) is 10.1 Å². The maximum atomic E-state index is 13.2. The molecule has 1 aliphatic heterocycles. The lowest BCUT2D eigenvalue weighted by Crippen LogP contribution is -2.36. The summed E-state index contributed by atoms with van der Waals surface area (Å²) in [6, 6.07) is 10.1. The largest absolute Gasteiger partial charge is 0.489 e. The second kappa shape index (κ2) is 7.54. The maximum Gasteiger partial charge on any atom is 0.264 e. The van der Waals surface area contributed by atoms with Gasteiger partial charge in [-0.05, 0) is 42.3 Å². The number of ether oxygens (including phenoxy) is 1. The third kappa shape index (κ3) is 4.75. The Balaban J connectivity index is 1.95. The van der Waals surface area contributed by atoms with Gasteiger partial charge in [0.2, 0.25) is 0 Å². The molecule has 5 nitrogen and oxygen atoms in total. The molecule has 1 heterocycles. The first-order valence-electron chi connectivity index (χ1n) is 8.02. The van der Waals surface area contributed by atoms with Crippen LogP contribution >= 0.6 is 15.9 Å². The first kappa shape index (κ1) is 19.1. The topological polar surface area (TPSA) is 55.8 Å². The van der Waals surface area contributed by atoms with E-state index in [0.717, 1.165) is 27.5 Å². The summed E-state index contributed by atoms with van der Waals surface area (Å²) in [6.07, 6.45) is 0.382. The third-order valence-electron chi connectivity index (χ3n) is 4.03. The van der Waals surface area contributed by atoms with E-state index in [1.807, 2.05) is 24.0 Å². The average molecular weight is 444 g/mol. The summed E-state index contributed by atoms with van der Waals surface area (Å²) in [6.45, 7) is 2.89. The normalized spacial score (nSPS) is 17.4. The Bertz CT molecular complexity index is 902. The Hall–Kier alpha value is -1.64. The van der Waals surface area contributed by atoms with Crippen molar-refractivity contribution in [2.24, 2.45) is 0 Å². The summed E-state index contributed by atoms with van der Waals surface area (Å²) in [5.41, 5.74) is 2.77. The van der Waals surface area contributed by atoms with Crippen LogP contribution in [0.15, 0.2) is 40.9 Å². The first-order chi connectivity index (χ1) is 12.2. The van der Waals surface area contributed by atoms with Crippen LogP contribution in [0.5, 0.6) is 5.75 Å². The van der Waals surface area contributed by atoms with Crippen LogP contribution in [0.2, 0.25) is 0 Å². The molecule has 0 saturated carbocycles. The van der Waals surface area contributed by atoms with Crippen LogP contribution in [0.25, 0.3) is 0 Å². The fourth-order valence-corrected chi connectivity index (χ4v) is 3.79. The predicted octanol–water partition coefficient (Wildman–Crippen LogP) is 3.64. The molecule has 0 spiro atoms. The Kier molecular flexibility index (Phi) is 5.55. The molecule has 0 N–H and O–H groups in total. The molecule has 0 aromatic heterocycles. The van der Waals surface area contributed by atoms with E-state index in [1.165, 1.54) is 12.1 Å². The van der Waals surface area contributed by atoms with E-state index in [2.05, 4.69) is 15.9 Å². The van der Waals surface area contributed by atoms with Crippen LogP contribution in [-0.2, 0) is 20.8 Å². The van der Waals surface area contributed by atoms with Crippen molar-refractivity contribution in [2.45, 2.75) is 19.6 Å². The van der Waals surface area contributed by atoms with Crippen molar-refractivity contribution >= 4 is 31.7 Å². The molecule has 1 unspecified atom stereocenters.